The molecule has 2 aliphatic rings. The minimum Gasteiger partial charge on any atom is -0.465 e. The molecule has 2 aromatic rings. The second-order valence-corrected chi connectivity index (χ2v) is 8.08. The summed E-state index contributed by atoms with van der Waals surface area (Å²) >= 11 is 0. The van der Waals surface area contributed by atoms with E-state index in [-0.39, 0.29) is 5.91 Å². The molecule has 4 rings (SSSR count). The lowest BCUT2D eigenvalue weighted by Gasteiger charge is -2.32. The molecule has 0 bridgehead atoms. The van der Waals surface area contributed by atoms with E-state index >= 15 is 0 Å². The summed E-state index contributed by atoms with van der Waals surface area (Å²) in [7, 11) is 1.36. The van der Waals surface area contributed by atoms with Gasteiger partial charge in [0, 0.05) is 25.2 Å². The highest BCUT2D eigenvalue weighted by Crippen LogP contribution is 2.27. The van der Waals surface area contributed by atoms with Gasteiger partial charge in [-0.25, -0.2) is 4.79 Å². The third-order valence-electron chi connectivity index (χ3n) is 6.17. The zero-order valence-corrected chi connectivity index (χ0v) is 17.0. The number of rotatable bonds is 6. The second kappa shape index (κ2) is 8.78. The Morgan fingerprint density at radius 1 is 1.10 bits per heavy atom. The van der Waals surface area contributed by atoms with Gasteiger partial charge in [-0.2, -0.15) is 0 Å². The van der Waals surface area contributed by atoms with Crippen molar-refractivity contribution in [2.24, 2.45) is 5.92 Å². The third-order valence-corrected chi connectivity index (χ3v) is 6.17. The van der Waals surface area contributed by atoms with Crippen molar-refractivity contribution in [3.63, 3.8) is 0 Å². The van der Waals surface area contributed by atoms with Gasteiger partial charge in [-0.1, -0.05) is 36.4 Å². The predicted octanol–water partition coefficient (Wildman–Crippen LogP) is 3.73. The smallest absolute Gasteiger partial charge is 0.337 e. The van der Waals surface area contributed by atoms with Crippen LogP contribution < -0.4 is 0 Å². The van der Waals surface area contributed by atoms with Crippen molar-refractivity contribution in [1.29, 1.82) is 0 Å². The number of carbonyl (C=O) groups excluding carboxylic acids is 2. The molecule has 29 heavy (non-hydrogen) atoms. The van der Waals surface area contributed by atoms with Crippen molar-refractivity contribution in [3.05, 3.63) is 70.8 Å². The molecule has 2 heterocycles. The van der Waals surface area contributed by atoms with E-state index < -0.39 is 5.97 Å². The lowest BCUT2D eigenvalue weighted by molar-refractivity contribution is 0.0600. The number of nitrogens with zero attached hydrogens (tertiary/aromatic N) is 2. The van der Waals surface area contributed by atoms with E-state index in [0.717, 1.165) is 38.2 Å². The van der Waals surface area contributed by atoms with Crippen LogP contribution in [0.5, 0.6) is 0 Å². The Bertz CT molecular complexity index is 873. The molecule has 0 N–H and O–H groups in total. The first-order valence-electron chi connectivity index (χ1n) is 10.4. The maximum absolute atomic E-state index is 12.8. The molecule has 1 fully saturated rings. The Morgan fingerprint density at radius 3 is 2.59 bits per heavy atom. The molecule has 5 nitrogen and oxygen atoms in total. The zero-order chi connectivity index (χ0) is 20.2. The molecule has 1 saturated heterocycles. The van der Waals surface area contributed by atoms with E-state index in [9.17, 15) is 9.59 Å². The molecular weight excluding hydrogens is 364 g/mol. The zero-order valence-electron chi connectivity index (χ0n) is 17.0. The van der Waals surface area contributed by atoms with Crippen molar-refractivity contribution in [2.45, 2.75) is 32.4 Å². The van der Waals surface area contributed by atoms with Crippen LogP contribution >= 0.6 is 0 Å². The quantitative estimate of drug-likeness (QED) is 0.703. The van der Waals surface area contributed by atoms with E-state index in [1.54, 1.807) is 12.1 Å². The van der Waals surface area contributed by atoms with E-state index in [2.05, 4.69) is 35.2 Å². The van der Waals surface area contributed by atoms with Crippen LogP contribution in [-0.2, 0) is 17.8 Å². The average molecular weight is 392 g/mol. The number of ether oxygens (including phenoxy) is 1. The molecule has 152 valence electrons. The number of fused-ring (bicyclic) bond motifs is 1. The summed E-state index contributed by atoms with van der Waals surface area (Å²) in [6, 6.07) is 15.9. The molecular formula is C24H28N2O3. The molecule has 0 aliphatic carbocycles. The first-order chi connectivity index (χ1) is 14.1. The SMILES string of the molecule is COC(=O)c1ccc2c(c1)C(=O)N(CCC1CCN(Cc3ccccc3)CC1)C2. The van der Waals surface area contributed by atoms with Crippen molar-refractivity contribution in [2.75, 3.05) is 26.7 Å². The maximum Gasteiger partial charge on any atom is 0.337 e. The lowest BCUT2D eigenvalue weighted by atomic mass is 9.93. The van der Waals surface area contributed by atoms with Crippen LogP contribution in [0.3, 0.4) is 0 Å². The number of carbonyl (C=O) groups is 2. The van der Waals surface area contributed by atoms with Gasteiger partial charge in [0.15, 0.2) is 0 Å². The van der Waals surface area contributed by atoms with Crippen molar-refractivity contribution in [3.8, 4) is 0 Å². The molecule has 0 radical (unpaired) electrons. The second-order valence-electron chi connectivity index (χ2n) is 8.08. The summed E-state index contributed by atoms with van der Waals surface area (Å²) in [4.78, 5) is 28.9. The number of esters is 1. The van der Waals surface area contributed by atoms with Crippen LogP contribution in [0, 0.1) is 5.92 Å². The maximum atomic E-state index is 12.8. The van der Waals surface area contributed by atoms with Gasteiger partial charge in [-0.15, -0.1) is 0 Å². The minimum atomic E-state index is -0.402. The summed E-state index contributed by atoms with van der Waals surface area (Å²) in [6.07, 6.45) is 3.42. The fourth-order valence-corrected chi connectivity index (χ4v) is 4.40. The van der Waals surface area contributed by atoms with Gasteiger partial charge in [-0.3, -0.25) is 9.69 Å². The predicted molar refractivity (Wildman–Crippen MR) is 112 cm³/mol. The summed E-state index contributed by atoms with van der Waals surface area (Å²) < 4.78 is 4.76. The van der Waals surface area contributed by atoms with Gasteiger partial charge >= 0.3 is 5.97 Å². The summed E-state index contributed by atoms with van der Waals surface area (Å²) in [5.41, 5.74) is 3.45. The molecule has 0 unspecified atom stereocenters. The third kappa shape index (κ3) is 4.51. The Hall–Kier alpha value is -2.66. The molecule has 2 aliphatic heterocycles. The Morgan fingerprint density at radius 2 is 1.86 bits per heavy atom. The number of likely N-dealkylation sites (tertiary alicyclic amines) is 1. The van der Waals surface area contributed by atoms with Gasteiger partial charge in [0.1, 0.15) is 0 Å². The fourth-order valence-electron chi connectivity index (χ4n) is 4.40. The van der Waals surface area contributed by atoms with E-state index in [1.807, 2.05) is 11.0 Å². The molecule has 5 heteroatoms. The van der Waals surface area contributed by atoms with Gasteiger partial charge in [0.05, 0.1) is 12.7 Å². The van der Waals surface area contributed by atoms with Crippen LogP contribution in [0.25, 0.3) is 0 Å². The highest BCUT2D eigenvalue weighted by molar-refractivity contribution is 6.01. The number of hydrogen-bond donors (Lipinski definition) is 0. The van der Waals surface area contributed by atoms with Crippen molar-refractivity contribution < 1.29 is 14.3 Å². The number of hydrogen-bond acceptors (Lipinski definition) is 4. The van der Waals surface area contributed by atoms with E-state index in [1.165, 1.54) is 25.5 Å². The summed E-state index contributed by atoms with van der Waals surface area (Å²) in [6.45, 7) is 4.69. The van der Waals surface area contributed by atoms with Crippen LogP contribution in [0.1, 0.15) is 51.1 Å². The molecule has 0 aromatic heterocycles. The lowest BCUT2D eigenvalue weighted by Crippen LogP contribution is -2.35. The summed E-state index contributed by atoms with van der Waals surface area (Å²) in [5.74, 6) is 0.303. The van der Waals surface area contributed by atoms with Crippen LogP contribution in [-0.4, -0.2) is 48.4 Å². The fraction of sp³-hybridized carbons (Fsp3) is 0.417. The van der Waals surface area contributed by atoms with Gasteiger partial charge in [-0.05, 0) is 61.5 Å². The topological polar surface area (TPSA) is 49.9 Å². The largest absolute Gasteiger partial charge is 0.465 e. The Kier molecular flexibility index (Phi) is 5.95. The van der Waals surface area contributed by atoms with Gasteiger partial charge < -0.3 is 9.64 Å². The van der Waals surface area contributed by atoms with Crippen LogP contribution in [0.2, 0.25) is 0 Å². The molecule has 0 saturated carbocycles. The van der Waals surface area contributed by atoms with Crippen LogP contribution in [0.4, 0.5) is 0 Å². The number of methoxy groups -OCH3 is 1. The molecule has 1 amide bonds. The Labute approximate surface area is 172 Å². The van der Waals surface area contributed by atoms with Crippen molar-refractivity contribution in [1.82, 2.24) is 9.80 Å². The summed E-state index contributed by atoms with van der Waals surface area (Å²) in [5, 5.41) is 0. The average Bonchev–Trinajstić information content (AvgIpc) is 3.08. The normalized spacial score (nSPS) is 17.4. The Balaban J connectivity index is 1.26. The molecule has 2 aromatic carbocycles. The number of benzene rings is 2. The first-order valence-corrected chi connectivity index (χ1v) is 10.4. The highest BCUT2D eigenvalue weighted by atomic mass is 16.5. The number of amides is 1. The van der Waals surface area contributed by atoms with Gasteiger partial charge in [0.2, 0.25) is 0 Å². The monoisotopic (exact) mass is 392 g/mol. The molecule has 0 atom stereocenters. The number of piperidine rings is 1. The van der Waals surface area contributed by atoms with E-state index in [0.29, 0.717) is 23.6 Å². The highest BCUT2D eigenvalue weighted by Gasteiger charge is 2.29. The standard InChI is InChI=1S/C24H28N2O3/c1-29-24(28)20-7-8-21-17-26(23(27)22(21)15-20)14-11-18-9-12-25(13-10-18)16-19-5-3-2-4-6-19/h2-8,15,18H,9-14,16-17H2,1H3. The first kappa shape index (κ1) is 19.6. The van der Waals surface area contributed by atoms with Crippen molar-refractivity contribution >= 4 is 11.9 Å². The molecule has 0 spiro atoms. The van der Waals surface area contributed by atoms with E-state index in [4.69, 9.17) is 4.74 Å². The minimum absolute atomic E-state index is 0.0345. The van der Waals surface area contributed by atoms with Crippen LogP contribution in [0.15, 0.2) is 48.5 Å². The van der Waals surface area contributed by atoms with Gasteiger partial charge in [0.25, 0.3) is 5.91 Å².